The second-order valence-electron chi connectivity index (χ2n) is 10.9. The van der Waals surface area contributed by atoms with Crippen molar-refractivity contribution in [3.8, 4) is 0 Å². The number of rotatable bonds is 3. The molecule has 1 amide bonds. The number of likely N-dealkylation sites (tertiary alicyclic amines) is 1. The Morgan fingerprint density at radius 2 is 1.73 bits per heavy atom. The number of aromatic carboxylic acids is 1. The first kappa shape index (κ1) is 23.7. The van der Waals surface area contributed by atoms with E-state index in [1.165, 1.54) is 6.42 Å². The van der Waals surface area contributed by atoms with Crippen molar-refractivity contribution in [2.24, 2.45) is 28.9 Å². The smallest absolute Gasteiger partial charge is 0.335 e. The maximum atomic E-state index is 13.1. The number of carboxylic acid groups (broad SMARTS) is 1. The molecule has 7 heteroatoms. The van der Waals surface area contributed by atoms with Gasteiger partial charge in [-0.3, -0.25) is 14.5 Å². The van der Waals surface area contributed by atoms with Gasteiger partial charge in [-0.05, 0) is 80.2 Å². The first-order valence-corrected chi connectivity index (χ1v) is 11.7. The molecular formula is C26H35N3O4. The van der Waals surface area contributed by atoms with Gasteiger partial charge in [-0.1, -0.05) is 25.6 Å². The summed E-state index contributed by atoms with van der Waals surface area (Å²) >= 11 is 0. The topological polar surface area (TPSA) is 108 Å². The minimum atomic E-state index is -0.879. The van der Waals surface area contributed by atoms with E-state index < -0.39 is 17.6 Å². The zero-order chi connectivity index (χ0) is 22.7. The molecule has 0 spiro atoms. The predicted molar refractivity (Wildman–Crippen MR) is 124 cm³/mol. The van der Waals surface area contributed by atoms with Gasteiger partial charge in [0.15, 0.2) is 0 Å². The molecule has 6 aliphatic rings. The van der Waals surface area contributed by atoms with Crippen molar-refractivity contribution >= 4 is 11.9 Å². The van der Waals surface area contributed by atoms with Crippen LogP contribution in [-0.4, -0.2) is 50.8 Å². The second-order valence-corrected chi connectivity index (χ2v) is 10.9. The van der Waals surface area contributed by atoms with Gasteiger partial charge in [0.2, 0.25) is 5.91 Å². The third-order valence-corrected chi connectivity index (χ3v) is 8.50. The molecule has 3 unspecified atom stereocenters. The highest BCUT2D eigenvalue weighted by atomic mass is 16.4. The highest BCUT2D eigenvalue weighted by molar-refractivity contribution is 5.87. The predicted octanol–water partition coefficient (Wildman–Crippen LogP) is 3.53. The van der Waals surface area contributed by atoms with Crippen molar-refractivity contribution in [1.29, 1.82) is 0 Å². The monoisotopic (exact) mass is 453 g/mol. The Morgan fingerprint density at radius 3 is 2.24 bits per heavy atom. The van der Waals surface area contributed by atoms with Gasteiger partial charge in [-0.15, -0.1) is 0 Å². The quantitative estimate of drug-likeness (QED) is 0.607. The Labute approximate surface area is 195 Å². The third kappa shape index (κ3) is 4.15. The molecule has 7 nitrogen and oxygen atoms in total. The molecule has 1 aromatic rings. The van der Waals surface area contributed by atoms with Crippen LogP contribution in [-0.2, 0) is 4.79 Å². The zero-order valence-corrected chi connectivity index (χ0v) is 18.2. The Morgan fingerprint density at radius 1 is 1.09 bits per heavy atom. The lowest BCUT2D eigenvalue weighted by atomic mass is 9.46. The van der Waals surface area contributed by atoms with E-state index in [-0.39, 0.29) is 31.0 Å². The Bertz CT molecular complexity index is 944. The number of carboxylic acids is 1. The van der Waals surface area contributed by atoms with Crippen LogP contribution in [0.1, 0.15) is 69.2 Å². The summed E-state index contributed by atoms with van der Waals surface area (Å²) in [7, 11) is 0. The molecule has 4 N–H and O–H groups in total. The molecule has 33 heavy (non-hydrogen) atoms. The Kier molecular flexibility index (Phi) is 6.05. The van der Waals surface area contributed by atoms with E-state index in [4.69, 9.17) is 17.4 Å². The third-order valence-electron chi connectivity index (χ3n) is 8.50. The summed E-state index contributed by atoms with van der Waals surface area (Å²) in [6, 6.07) is 8.03. The molecule has 7 rings (SSSR count). The highest BCUT2D eigenvalue weighted by Gasteiger charge is 2.63. The fourth-order valence-electron chi connectivity index (χ4n) is 7.51. The van der Waals surface area contributed by atoms with E-state index in [1.54, 1.807) is 30.3 Å². The van der Waals surface area contributed by atoms with Crippen LogP contribution in [0.4, 0.5) is 0 Å². The summed E-state index contributed by atoms with van der Waals surface area (Å²) in [5.74, 6) is 0.705. The van der Waals surface area contributed by atoms with Gasteiger partial charge in [0.05, 0.1) is 17.2 Å². The van der Waals surface area contributed by atoms with Gasteiger partial charge < -0.3 is 15.9 Å². The maximum Gasteiger partial charge on any atom is 0.335 e. The van der Waals surface area contributed by atoms with Gasteiger partial charge in [-0.25, -0.2) is 11.4 Å². The fourth-order valence-corrected chi connectivity index (χ4v) is 7.51. The van der Waals surface area contributed by atoms with E-state index in [2.05, 4.69) is 4.85 Å². The standard InChI is InChI=1S/C18H25N3O2.C7H6O2.CH4/c1-20-14-4-12-3-13(12)21(14)16(22)15(19)17-5-10-2-11(6-17)8-18(23,7-10)9-17;8-7(9)6-4-2-1-3-5-6;/h10-15,23H,2-9,19H2;1-5H,(H,8,9);1H4/t10?,11?,12-,13-,14-,15?,17?,18?;;/m0../s1. The van der Waals surface area contributed by atoms with Crippen LogP contribution in [0.25, 0.3) is 4.85 Å². The van der Waals surface area contributed by atoms with Crippen molar-refractivity contribution in [3.63, 3.8) is 0 Å². The first-order chi connectivity index (χ1) is 15.2. The number of benzene rings is 1. The van der Waals surface area contributed by atoms with Crippen molar-refractivity contribution in [2.45, 2.75) is 82.6 Å². The summed E-state index contributed by atoms with van der Waals surface area (Å²) in [5, 5.41) is 19.3. The number of aliphatic hydroxyl groups is 1. The zero-order valence-electron chi connectivity index (χ0n) is 18.2. The number of amides is 1. The van der Waals surface area contributed by atoms with Crippen LogP contribution in [0.15, 0.2) is 30.3 Å². The number of carbonyl (C=O) groups excluding carboxylic acids is 1. The number of fused-ring (bicyclic) bond motifs is 1. The average Bonchev–Trinajstić information content (AvgIpc) is 3.41. The largest absolute Gasteiger partial charge is 0.478 e. The number of hydrogen-bond acceptors (Lipinski definition) is 4. The van der Waals surface area contributed by atoms with Gasteiger partial charge in [-0.2, -0.15) is 0 Å². The molecule has 178 valence electrons. The summed E-state index contributed by atoms with van der Waals surface area (Å²) in [4.78, 5) is 28.8. The highest BCUT2D eigenvalue weighted by Crippen LogP contribution is 2.63. The van der Waals surface area contributed by atoms with Crippen LogP contribution < -0.4 is 5.73 Å². The van der Waals surface area contributed by atoms with Crippen molar-refractivity contribution in [2.75, 3.05) is 0 Å². The molecule has 6 fully saturated rings. The Balaban J connectivity index is 0.000000221. The summed E-state index contributed by atoms with van der Waals surface area (Å²) < 4.78 is 0. The van der Waals surface area contributed by atoms with Gasteiger partial charge >= 0.3 is 12.1 Å². The number of piperidine rings is 1. The number of hydrogen-bond donors (Lipinski definition) is 3. The van der Waals surface area contributed by atoms with E-state index in [0.29, 0.717) is 29.7 Å². The van der Waals surface area contributed by atoms with Crippen LogP contribution in [0.5, 0.6) is 0 Å². The van der Waals surface area contributed by atoms with Crippen LogP contribution >= 0.6 is 0 Å². The van der Waals surface area contributed by atoms with Crippen LogP contribution in [0, 0.1) is 29.7 Å². The molecular weight excluding hydrogens is 418 g/mol. The first-order valence-electron chi connectivity index (χ1n) is 11.7. The minimum Gasteiger partial charge on any atom is -0.478 e. The molecule has 5 saturated carbocycles. The van der Waals surface area contributed by atoms with E-state index in [0.717, 1.165) is 38.5 Å². The average molecular weight is 454 g/mol. The fraction of sp³-hybridized carbons (Fsp3) is 0.654. The molecule has 1 saturated heterocycles. The lowest BCUT2D eigenvalue weighted by Gasteiger charge is -2.61. The molecule has 4 bridgehead atoms. The number of nitrogens with two attached hydrogens (primary N) is 1. The van der Waals surface area contributed by atoms with Gasteiger partial charge in [0.25, 0.3) is 0 Å². The lowest BCUT2D eigenvalue weighted by molar-refractivity contribution is -0.177. The molecule has 5 aliphatic carbocycles. The van der Waals surface area contributed by atoms with Gasteiger partial charge in [0.1, 0.15) is 0 Å². The van der Waals surface area contributed by atoms with E-state index in [1.807, 2.05) is 4.90 Å². The number of nitrogens with zero attached hydrogens (tertiary/aromatic N) is 2. The van der Waals surface area contributed by atoms with Gasteiger partial charge in [0, 0.05) is 12.5 Å². The van der Waals surface area contributed by atoms with Crippen LogP contribution in [0.2, 0.25) is 0 Å². The van der Waals surface area contributed by atoms with Crippen molar-refractivity contribution < 1.29 is 19.8 Å². The second kappa shape index (κ2) is 8.41. The van der Waals surface area contributed by atoms with E-state index >= 15 is 0 Å². The maximum absolute atomic E-state index is 13.1. The molecule has 1 aliphatic heterocycles. The molecule has 6 atom stereocenters. The molecule has 1 heterocycles. The molecule has 0 radical (unpaired) electrons. The summed E-state index contributed by atoms with van der Waals surface area (Å²) in [6.07, 6.45) is 7.23. The van der Waals surface area contributed by atoms with E-state index in [9.17, 15) is 14.7 Å². The van der Waals surface area contributed by atoms with Crippen LogP contribution in [0.3, 0.4) is 0 Å². The number of carbonyl (C=O) groups is 2. The van der Waals surface area contributed by atoms with Crippen molar-refractivity contribution in [1.82, 2.24) is 4.90 Å². The molecule has 1 aromatic carbocycles. The lowest BCUT2D eigenvalue weighted by Crippen LogP contribution is -2.64. The molecule has 0 aromatic heterocycles. The minimum absolute atomic E-state index is 0. The summed E-state index contributed by atoms with van der Waals surface area (Å²) in [6.45, 7) is 7.38. The SMILES string of the molecule is C.O=C(O)c1ccccc1.[C-]#[N+][C@@H]1C[C@@H]2C[C@@H]2N1C(=O)C(N)C12CC3CC(CC(O)(C3)C1)C2. The normalized spacial score (nSPS) is 39.9. The Hall–Kier alpha value is -2.43. The van der Waals surface area contributed by atoms with Crippen molar-refractivity contribution in [3.05, 3.63) is 47.3 Å². The summed E-state index contributed by atoms with van der Waals surface area (Å²) in [5.41, 5.74) is 6.06.